The first-order chi connectivity index (χ1) is 16.1. The van der Waals surface area contributed by atoms with E-state index in [0.29, 0.717) is 6.04 Å². The smallest absolute Gasteiger partial charge is 0.248 e. The van der Waals surface area contributed by atoms with Crippen LogP contribution in [-0.2, 0) is 9.53 Å². The van der Waals surface area contributed by atoms with Gasteiger partial charge in [0.05, 0.1) is 13.2 Å². The van der Waals surface area contributed by atoms with Crippen LogP contribution in [0.2, 0.25) is 0 Å². The molecule has 1 saturated heterocycles. The zero-order valence-electron chi connectivity index (χ0n) is 19.7. The van der Waals surface area contributed by atoms with Crippen LogP contribution in [0.3, 0.4) is 0 Å². The number of carbonyl (C=O) groups excluding carboxylic acids is 1. The molecule has 2 fully saturated rings. The van der Waals surface area contributed by atoms with Gasteiger partial charge in [-0.2, -0.15) is 0 Å². The fraction of sp³-hybridized carbons (Fsp3) is 0.500. The van der Waals surface area contributed by atoms with Crippen molar-refractivity contribution >= 4 is 29.0 Å². The van der Waals surface area contributed by atoms with Crippen molar-refractivity contribution in [2.24, 2.45) is 0 Å². The molecule has 0 radical (unpaired) electrons. The highest BCUT2D eigenvalue weighted by Gasteiger charge is 2.25. The number of hydrogen-bond donors (Lipinski definition) is 1. The van der Waals surface area contributed by atoms with E-state index in [1.54, 1.807) is 18.9 Å². The van der Waals surface area contributed by atoms with Gasteiger partial charge in [0.2, 0.25) is 5.91 Å². The molecule has 0 spiro atoms. The first-order valence-electron chi connectivity index (χ1n) is 11.8. The minimum atomic E-state index is 0.110. The molecule has 1 amide bonds. The van der Waals surface area contributed by atoms with Gasteiger partial charge < -0.3 is 24.6 Å². The number of nitrogens with one attached hydrogen (secondary N) is 1. The van der Waals surface area contributed by atoms with Gasteiger partial charge in [0, 0.05) is 48.5 Å². The lowest BCUT2D eigenvalue weighted by molar-refractivity contribution is -0.139. The Morgan fingerprint density at radius 1 is 0.970 bits per heavy atom. The molecule has 1 aliphatic heterocycles. The molecule has 0 bridgehead atoms. The monoisotopic (exact) mass is 469 g/mol. The Morgan fingerprint density at radius 2 is 1.64 bits per heavy atom. The van der Waals surface area contributed by atoms with Crippen LogP contribution >= 0.6 is 11.8 Å². The second-order valence-electron chi connectivity index (χ2n) is 8.72. The van der Waals surface area contributed by atoms with Crippen LogP contribution in [0, 0.1) is 0 Å². The number of carbonyl (C=O) groups is 1. The van der Waals surface area contributed by atoms with E-state index in [4.69, 9.17) is 9.47 Å². The van der Waals surface area contributed by atoms with Crippen molar-refractivity contribution in [3.63, 3.8) is 0 Å². The van der Waals surface area contributed by atoms with Gasteiger partial charge in [-0.3, -0.25) is 4.79 Å². The number of hydrogen-bond acceptors (Lipinski definition) is 6. The number of anilines is 2. The Morgan fingerprint density at radius 3 is 2.24 bits per heavy atom. The third-order valence-corrected chi connectivity index (χ3v) is 7.39. The zero-order valence-corrected chi connectivity index (χ0v) is 20.5. The van der Waals surface area contributed by atoms with Crippen LogP contribution in [0.15, 0.2) is 53.4 Å². The summed E-state index contributed by atoms with van der Waals surface area (Å²) in [7, 11) is 1.68. The van der Waals surface area contributed by atoms with Crippen molar-refractivity contribution in [3.05, 3.63) is 48.5 Å². The highest BCUT2D eigenvalue weighted by Crippen LogP contribution is 2.26. The summed E-state index contributed by atoms with van der Waals surface area (Å²) in [5.74, 6) is 0.970. The molecule has 0 aromatic heterocycles. The average Bonchev–Trinajstić information content (AvgIpc) is 2.89. The summed E-state index contributed by atoms with van der Waals surface area (Å²) in [6, 6.07) is 17.2. The van der Waals surface area contributed by atoms with Crippen molar-refractivity contribution in [1.29, 1.82) is 0 Å². The molecule has 1 aliphatic carbocycles. The minimum Gasteiger partial charge on any atom is -0.497 e. The first kappa shape index (κ1) is 23.8. The number of nitrogens with zero attached hydrogens (tertiary/aromatic N) is 2. The van der Waals surface area contributed by atoms with E-state index in [1.165, 1.54) is 16.3 Å². The van der Waals surface area contributed by atoms with Crippen LogP contribution in [-0.4, -0.2) is 69.1 Å². The lowest BCUT2D eigenvalue weighted by Crippen LogP contribution is -2.50. The second-order valence-corrected chi connectivity index (χ2v) is 9.60. The number of amides is 1. The van der Waals surface area contributed by atoms with Crippen molar-refractivity contribution in [2.45, 2.75) is 42.7 Å². The summed E-state index contributed by atoms with van der Waals surface area (Å²) < 4.78 is 11.2. The van der Waals surface area contributed by atoms with E-state index in [-0.39, 0.29) is 18.6 Å². The van der Waals surface area contributed by atoms with Gasteiger partial charge in [-0.15, -0.1) is 11.8 Å². The molecule has 0 atom stereocenters. The van der Waals surface area contributed by atoms with Gasteiger partial charge in [0.1, 0.15) is 12.4 Å². The van der Waals surface area contributed by atoms with E-state index in [2.05, 4.69) is 52.9 Å². The summed E-state index contributed by atoms with van der Waals surface area (Å²) >= 11 is 1.76. The van der Waals surface area contributed by atoms with Gasteiger partial charge in [-0.25, -0.2) is 0 Å². The van der Waals surface area contributed by atoms with Gasteiger partial charge >= 0.3 is 0 Å². The molecule has 2 aliphatic rings. The Bertz CT molecular complexity index is 875. The van der Waals surface area contributed by atoms with E-state index < -0.39 is 0 Å². The molecule has 33 heavy (non-hydrogen) atoms. The highest BCUT2D eigenvalue weighted by atomic mass is 32.2. The average molecular weight is 470 g/mol. The minimum absolute atomic E-state index is 0.110. The largest absolute Gasteiger partial charge is 0.497 e. The maximum Gasteiger partial charge on any atom is 0.248 e. The topological polar surface area (TPSA) is 54.0 Å². The number of rotatable bonds is 8. The Hall–Kier alpha value is -2.38. The summed E-state index contributed by atoms with van der Waals surface area (Å²) in [6.07, 6.45) is 6.43. The Kier molecular flexibility index (Phi) is 8.40. The maximum atomic E-state index is 12.7. The predicted octanol–water partition coefficient (Wildman–Crippen LogP) is 4.51. The molecule has 1 heterocycles. The normalized spacial score (nSPS) is 21.0. The van der Waals surface area contributed by atoms with Crippen LogP contribution in [0.4, 0.5) is 11.4 Å². The summed E-state index contributed by atoms with van der Waals surface area (Å²) in [5, 5.41) is 3.64. The van der Waals surface area contributed by atoms with E-state index in [1.807, 2.05) is 17.0 Å². The molecule has 4 rings (SSSR count). The molecule has 0 unspecified atom stereocenters. The number of piperazine rings is 1. The standard InChI is InChI=1S/C26H35N3O3S/c1-31-23-11-7-22(8-12-23)28-15-17-29(18-16-28)26(30)19-32-24-9-3-20(4-10-24)27-21-5-13-25(33-2)14-6-21/h5-8,11-14,20,24,27H,3-4,9-10,15-19H2,1-2H3. The van der Waals surface area contributed by atoms with Crippen LogP contribution < -0.4 is 15.0 Å². The van der Waals surface area contributed by atoms with Crippen molar-refractivity contribution in [3.8, 4) is 5.75 Å². The predicted molar refractivity (Wildman–Crippen MR) is 136 cm³/mol. The molecule has 2 aromatic carbocycles. The molecule has 1 N–H and O–H groups in total. The molecule has 7 heteroatoms. The van der Waals surface area contributed by atoms with Gasteiger partial charge in [0.25, 0.3) is 0 Å². The quantitative estimate of drug-likeness (QED) is 0.575. The maximum absolute atomic E-state index is 12.7. The molecular weight excluding hydrogens is 434 g/mol. The van der Waals surface area contributed by atoms with Crippen LogP contribution in [0.5, 0.6) is 5.75 Å². The molecule has 1 saturated carbocycles. The van der Waals surface area contributed by atoms with Gasteiger partial charge in [-0.1, -0.05) is 0 Å². The zero-order chi connectivity index (χ0) is 23.0. The molecule has 178 valence electrons. The lowest BCUT2D eigenvalue weighted by atomic mass is 9.93. The van der Waals surface area contributed by atoms with E-state index in [9.17, 15) is 4.79 Å². The van der Waals surface area contributed by atoms with Crippen molar-refractivity contribution in [1.82, 2.24) is 4.90 Å². The lowest BCUT2D eigenvalue weighted by Gasteiger charge is -2.36. The van der Waals surface area contributed by atoms with Gasteiger partial charge in [0.15, 0.2) is 0 Å². The van der Waals surface area contributed by atoms with Crippen molar-refractivity contribution in [2.75, 3.05) is 56.4 Å². The fourth-order valence-corrected chi connectivity index (χ4v) is 4.99. The summed E-state index contributed by atoms with van der Waals surface area (Å²) in [6.45, 7) is 3.35. The Labute approximate surface area is 201 Å². The third-order valence-electron chi connectivity index (χ3n) is 6.65. The second kappa shape index (κ2) is 11.7. The summed E-state index contributed by atoms with van der Waals surface area (Å²) in [5.41, 5.74) is 2.35. The molecule has 2 aromatic rings. The van der Waals surface area contributed by atoms with E-state index >= 15 is 0 Å². The van der Waals surface area contributed by atoms with Crippen LogP contribution in [0.1, 0.15) is 25.7 Å². The molecule has 6 nitrogen and oxygen atoms in total. The SMILES string of the molecule is COc1ccc(N2CCN(C(=O)COC3CCC(Nc4ccc(SC)cc4)CC3)CC2)cc1. The number of benzene rings is 2. The highest BCUT2D eigenvalue weighted by molar-refractivity contribution is 7.98. The third kappa shape index (κ3) is 6.58. The number of ether oxygens (including phenoxy) is 2. The van der Waals surface area contributed by atoms with Gasteiger partial charge in [-0.05, 0) is 80.5 Å². The number of methoxy groups -OCH3 is 1. The molecular formula is C26H35N3O3S. The summed E-state index contributed by atoms with van der Waals surface area (Å²) in [4.78, 5) is 18.2. The fourth-order valence-electron chi connectivity index (χ4n) is 4.58. The number of thioether (sulfide) groups is 1. The van der Waals surface area contributed by atoms with Crippen LogP contribution in [0.25, 0.3) is 0 Å². The first-order valence-corrected chi connectivity index (χ1v) is 13.1. The van der Waals surface area contributed by atoms with Crippen molar-refractivity contribution < 1.29 is 14.3 Å². The Balaban J connectivity index is 1.14. The van der Waals surface area contributed by atoms with E-state index in [0.717, 1.165) is 57.6 Å².